The van der Waals surface area contributed by atoms with Crippen LogP contribution in [0.3, 0.4) is 0 Å². The highest BCUT2D eigenvalue weighted by molar-refractivity contribution is 6.30. The molecule has 1 aliphatic heterocycles. The van der Waals surface area contributed by atoms with Crippen molar-refractivity contribution >= 4 is 17.6 Å². The van der Waals surface area contributed by atoms with Crippen molar-refractivity contribution in [3.63, 3.8) is 0 Å². The van der Waals surface area contributed by atoms with Gasteiger partial charge in [0, 0.05) is 63.0 Å². The Bertz CT molecular complexity index is 800. The summed E-state index contributed by atoms with van der Waals surface area (Å²) >= 11 is 6.09. The van der Waals surface area contributed by atoms with E-state index in [4.69, 9.17) is 20.9 Å². The minimum atomic E-state index is 0.606. The molecule has 2 aromatic rings. The molecule has 0 aliphatic carbocycles. The number of ether oxygens (including phenoxy) is 1. The van der Waals surface area contributed by atoms with Gasteiger partial charge in [-0.2, -0.15) is 0 Å². The molecule has 0 bridgehead atoms. The average molecular weight is 406 g/mol. The molecule has 8 heteroatoms. The minimum Gasteiger partial charge on any atom is -0.493 e. The molecule has 152 valence electrons. The zero-order chi connectivity index (χ0) is 19.9. The topological polar surface area (TPSA) is 66.1 Å². The van der Waals surface area contributed by atoms with Crippen LogP contribution in [0.25, 0.3) is 0 Å². The van der Waals surface area contributed by atoms with E-state index in [2.05, 4.69) is 25.3 Å². The van der Waals surface area contributed by atoms with E-state index in [1.807, 2.05) is 45.2 Å². The molecule has 0 spiro atoms. The molecule has 1 fully saturated rings. The highest BCUT2D eigenvalue weighted by Crippen LogP contribution is 2.23. The van der Waals surface area contributed by atoms with Crippen molar-refractivity contribution in [1.29, 1.82) is 0 Å². The molecule has 28 heavy (non-hydrogen) atoms. The maximum atomic E-state index is 6.09. The van der Waals surface area contributed by atoms with Gasteiger partial charge >= 0.3 is 0 Å². The lowest BCUT2D eigenvalue weighted by molar-refractivity contribution is 0.169. The van der Waals surface area contributed by atoms with Gasteiger partial charge in [0.1, 0.15) is 11.5 Å². The molecule has 7 nitrogen and oxygen atoms in total. The van der Waals surface area contributed by atoms with Crippen LogP contribution < -0.4 is 10.1 Å². The van der Waals surface area contributed by atoms with Gasteiger partial charge in [0.05, 0.1) is 12.3 Å². The van der Waals surface area contributed by atoms with E-state index in [0.29, 0.717) is 18.2 Å². The number of halogens is 1. The molecule has 1 aromatic heterocycles. The van der Waals surface area contributed by atoms with Crippen LogP contribution >= 0.6 is 11.6 Å². The smallest absolute Gasteiger partial charge is 0.194 e. The average Bonchev–Trinajstić information content (AvgIpc) is 3.10. The molecule has 1 aliphatic rings. The fraction of sp³-hybridized carbons (Fsp3) is 0.500. The number of piperazine rings is 1. The number of rotatable bonds is 6. The molecule has 0 amide bonds. The highest BCUT2D eigenvalue weighted by Gasteiger charge is 2.20. The summed E-state index contributed by atoms with van der Waals surface area (Å²) in [4.78, 5) is 9.11. The molecular formula is C20H28ClN5O2. The third kappa shape index (κ3) is 5.39. The Morgan fingerprint density at radius 1 is 1.29 bits per heavy atom. The number of benzene rings is 1. The second-order valence-electron chi connectivity index (χ2n) is 6.78. The predicted molar refractivity (Wildman–Crippen MR) is 111 cm³/mol. The van der Waals surface area contributed by atoms with Crippen molar-refractivity contribution in [2.75, 3.05) is 39.8 Å². The fourth-order valence-corrected chi connectivity index (χ4v) is 3.47. The largest absolute Gasteiger partial charge is 0.493 e. The molecule has 2 heterocycles. The van der Waals surface area contributed by atoms with Crippen LogP contribution in [0.1, 0.15) is 23.9 Å². The molecule has 3 rings (SSSR count). The van der Waals surface area contributed by atoms with Gasteiger partial charge in [-0.25, -0.2) is 0 Å². The molecule has 1 saturated heterocycles. The van der Waals surface area contributed by atoms with E-state index in [-0.39, 0.29) is 0 Å². The quantitative estimate of drug-likeness (QED) is 0.588. The molecular weight excluding hydrogens is 378 g/mol. The summed E-state index contributed by atoms with van der Waals surface area (Å²) in [6, 6.07) is 7.73. The molecule has 0 saturated carbocycles. The van der Waals surface area contributed by atoms with Gasteiger partial charge in [-0.1, -0.05) is 22.8 Å². The first-order valence-electron chi connectivity index (χ1n) is 9.60. The van der Waals surface area contributed by atoms with Crippen LogP contribution in [0.15, 0.2) is 33.8 Å². The lowest BCUT2D eigenvalue weighted by Gasteiger charge is -2.36. The SMILES string of the molecule is CCOc1cc(Cl)ccc1CNC(=NC)N1CCN(Cc2cc(C)on2)CC1. The van der Waals surface area contributed by atoms with Crippen LogP contribution in [-0.4, -0.2) is 60.7 Å². The van der Waals surface area contributed by atoms with E-state index < -0.39 is 0 Å². The fourth-order valence-electron chi connectivity index (χ4n) is 3.31. The van der Waals surface area contributed by atoms with Gasteiger partial charge in [0.15, 0.2) is 5.96 Å². The van der Waals surface area contributed by atoms with E-state index in [1.165, 1.54) is 0 Å². The maximum absolute atomic E-state index is 6.09. The van der Waals surface area contributed by atoms with Gasteiger partial charge in [-0.3, -0.25) is 9.89 Å². The Kier molecular flexibility index (Phi) is 7.17. The highest BCUT2D eigenvalue weighted by atomic mass is 35.5. The minimum absolute atomic E-state index is 0.606. The van der Waals surface area contributed by atoms with Gasteiger partial charge in [0.25, 0.3) is 0 Å². The summed E-state index contributed by atoms with van der Waals surface area (Å²) in [7, 11) is 1.82. The van der Waals surface area contributed by atoms with Crippen molar-refractivity contribution in [3.05, 3.63) is 46.3 Å². The van der Waals surface area contributed by atoms with E-state index in [9.17, 15) is 0 Å². The normalized spacial score (nSPS) is 15.7. The van der Waals surface area contributed by atoms with Gasteiger partial charge in [0.2, 0.25) is 0 Å². The van der Waals surface area contributed by atoms with Gasteiger partial charge in [-0.15, -0.1) is 0 Å². The number of aliphatic imine (C=N–C) groups is 1. The monoisotopic (exact) mass is 405 g/mol. The number of aromatic nitrogens is 1. The molecule has 0 radical (unpaired) electrons. The summed E-state index contributed by atoms with van der Waals surface area (Å²) in [5.74, 6) is 2.56. The Labute approximate surface area is 171 Å². The molecule has 1 aromatic carbocycles. The van der Waals surface area contributed by atoms with Crippen molar-refractivity contribution in [2.24, 2.45) is 4.99 Å². The van der Waals surface area contributed by atoms with Crippen LogP contribution in [-0.2, 0) is 13.1 Å². The number of aryl methyl sites for hydroxylation is 1. The lowest BCUT2D eigenvalue weighted by Crippen LogP contribution is -2.52. The third-order valence-corrected chi connectivity index (χ3v) is 4.95. The second-order valence-corrected chi connectivity index (χ2v) is 7.21. The van der Waals surface area contributed by atoms with Crippen molar-refractivity contribution < 1.29 is 9.26 Å². The Morgan fingerprint density at radius 3 is 2.71 bits per heavy atom. The molecule has 0 atom stereocenters. The zero-order valence-corrected chi connectivity index (χ0v) is 17.5. The lowest BCUT2D eigenvalue weighted by atomic mass is 10.2. The van der Waals surface area contributed by atoms with Gasteiger partial charge < -0.3 is 19.5 Å². The van der Waals surface area contributed by atoms with Crippen molar-refractivity contribution in [3.8, 4) is 5.75 Å². The number of nitrogens with zero attached hydrogens (tertiary/aromatic N) is 4. The summed E-state index contributed by atoms with van der Waals surface area (Å²) in [6.07, 6.45) is 0. The number of hydrogen-bond acceptors (Lipinski definition) is 5. The van der Waals surface area contributed by atoms with Gasteiger partial charge in [-0.05, 0) is 26.0 Å². The Morgan fingerprint density at radius 2 is 2.07 bits per heavy atom. The van der Waals surface area contributed by atoms with E-state index in [0.717, 1.165) is 61.5 Å². The first kappa shape index (κ1) is 20.5. The maximum Gasteiger partial charge on any atom is 0.194 e. The molecule has 1 N–H and O–H groups in total. The van der Waals surface area contributed by atoms with Crippen LogP contribution in [0.4, 0.5) is 0 Å². The third-order valence-electron chi connectivity index (χ3n) is 4.71. The standard InChI is InChI=1S/C20H28ClN5O2/c1-4-27-19-12-17(21)6-5-16(19)13-23-20(22-3)26-9-7-25(8-10-26)14-18-11-15(2)28-24-18/h5-6,11-12H,4,7-10,13-14H2,1-3H3,(H,22,23). The molecule has 0 unspecified atom stereocenters. The predicted octanol–water partition coefficient (Wildman–Crippen LogP) is 2.93. The number of guanidine groups is 1. The first-order chi connectivity index (χ1) is 13.6. The van der Waals surface area contributed by atoms with Crippen LogP contribution in [0, 0.1) is 6.92 Å². The zero-order valence-electron chi connectivity index (χ0n) is 16.7. The first-order valence-corrected chi connectivity index (χ1v) is 9.98. The number of nitrogens with one attached hydrogen (secondary N) is 1. The Balaban J connectivity index is 1.52. The van der Waals surface area contributed by atoms with Crippen molar-refractivity contribution in [1.82, 2.24) is 20.3 Å². The Hall–Kier alpha value is -2.25. The van der Waals surface area contributed by atoms with E-state index >= 15 is 0 Å². The van der Waals surface area contributed by atoms with Crippen LogP contribution in [0.2, 0.25) is 5.02 Å². The van der Waals surface area contributed by atoms with Crippen LogP contribution in [0.5, 0.6) is 5.75 Å². The summed E-state index contributed by atoms with van der Waals surface area (Å²) in [6.45, 7) is 9.69. The number of hydrogen-bond donors (Lipinski definition) is 1. The van der Waals surface area contributed by atoms with Crippen molar-refractivity contribution in [2.45, 2.75) is 26.9 Å². The summed E-state index contributed by atoms with van der Waals surface area (Å²) in [5, 5.41) is 8.21. The summed E-state index contributed by atoms with van der Waals surface area (Å²) in [5.41, 5.74) is 2.05. The second kappa shape index (κ2) is 9.80. The summed E-state index contributed by atoms with van der Waals surface area (Å²) < 4.78 is 10.9. The van der Waals surface area contributed by atoms with E-state index in [1.54, 1.807) is 0 Å².